The number of halogens is 3. The van der Waals surface area contributed by atoms with Crippen LogP contribution in [-0.4, -0.2) is 43.8 Å². The molecule has 3 heterocycles. The number of alkyl halides is 3. The number of nitrogens with one attached hydrogen (secondary N) is 2. The van der Waals surface area contributed by atoms with E-state index in [1.54, 1.807) is 48.9 Å². The largest absolute Gasteiger partial charge is 0.452 e. The standard InChI is InChI=1S/C26H26F3N7O2/c1-4-36(5-2)15-21-35-22(23(38-21)26(27,28)29)24(37)32-18-9-8-16(3)20(13-18)34-25-31-12-10-19(33-25)17-7-6-11-30-14-17/h6-14H,4-5,15H2,1-3H3,(H,32,37)(H,31,33,34). The summed E-state index contributed by atoms with van der Waals surface area (Å²) in [6, 6.07) is 10.3. The van der Waals surface area contributed by atoms with E-state index in [4.69, 9.17) is 4.42 Å². The Morgan fingerprint density at radius 1 is 1.08 bits per heavy atom. The number of rotatable bonds is 9. The van der Waals surface area contributed by atoms with Crippen LogP contribution in [0.5, 0.6) is 0 Å². The molecule has 0 radical (unpaired) electrons. The van der Waals surface area contributed by atoms with Crippen molar-refractivity contribution in [2.24, 2.45) is 0 Å². The van der Waals surface area contributed by atoms with Gasteiger partial charge in [0.1, 0.15) is 0 Å². The predicted octanol–water partition coefficient (Wildman–Crippen LogP) is 5.69. The number of aryl methyl sites for hydroxylation is 1. The molecule has 9 nitrogen and oxygen atoms in total. The lowest BCUT2D eigenvalue weighted by molar-refractivity contribution is -0.153. The number of carbonyl (C=O) groups excluding carboxylic acids is 1. The van der Waals surface area contributed by atoms with Crippen LogP contribution in [0.25, 0.3) is 11.3 Å². The van der Waals surface area contributed by atoms with Gasteiger partial charge in [0.05, 0.1) is 12.2 Å². The van der Waals surface area contributed by atoms with E-state index in [1.807, 2.05) is 31.7 Å². The van der Waals surface area contributed by atoms with Gasteiger partial charge in [0.15, 0.2) is 5.69 Å². The van der Waals surface area contributed by atoms with Crippen LogP contribution in [0.3, 0.4) is 0 Å². The number of aromatic nitrogens is 4. The molecule has 0 aliphatic rings. The second-order valence-corrected chi connectivity index (χ2v) is 8.36. The molecule has 38 heavy (non-hydrogen) atoms. The molecule has 2 N–H and O–H groups in total. The topological polar surface area (TPSA) is 109 Å². The zero-order chi connectivity index (χ0) is 27.3. The highest BCUT2D eigenvalue weighted by molar-refractivity contribution is 6.04. The van der Waals surface area contributed by atoms with E-state index in [0.29, 0.717) is 30.4 Å². The van der Waals surface area contributed by atoms with E-state index in [9.17, 15) is 18.0 Å². The fourth-order valence-corrected chi connectivity index (χ4v) is 3.66. The Kier molecular flexibility index (Phi) is 8.01. The van der Waals surface area contributed by atoms with Gasteiger partial charge in [0.25, 0.3) is 5.91 Å². The summed E-state index contributed by atoms with van der Waals surface area (Å²) >= 11 is 0. The van der Waals surface area contributed by atoms with Gasteiger partial charge in [-0.05, 0) is 55.9 Å². The number of amides is 1. The van der Waals surface area contributed by atoms with Crippen LogP contribution in [0.15, 0.2) is 59.4 Å². The maximum atomic E-state index is 13.6. The molecular weight excluding hydrogens is 499 g/mol. The van der Waals surface area contributed by atoms with Gasteiger partial charge in [0.2, 0.25) is 17.6 Å². The monoisotopic (exact) mass is 525 g/mol. The Balaban J connectivity index is 1.56. The smallest absolute Gasteiger partial charge is 0.434 e. The average molecular weight is 526 g/mol. The predicted molar refractivity (Wildman–Crippen MR) is 136 cm³/mol. The van der Waals surface area contributed by atoms with E-state index < -0.39 is 23.5 Å². The second kappa shape index (κ2) is 11.4. The van der Waals surface area contributed by atoms with Gasteiger partial charge in [-0.2, -0.15) is 13.2 Å². The van der Waals surface area contributed by atoms with Gasteiger partial charge < -0.3 is 15.1 Å². The molecule has 4 rings (SSSR count). The highest BCUT2D eigenvalue weighted by atomic mass is 19.4. The summed E-state index contributed by atoms with van der Waals surface area (Å²) in [5.74, 6) is -2.34. The van der Waals surface area contributed by atoms with Crippen LogP contribution in [0, 0.1) is 6.92 Å². The molecule has 4 aromatic rings. The highest BCUT2D eigenvalue weighted by Gasteiger charge is 2.42. The summed E-state index contributed by atoms with van der Waals surface area (Å²) in [5.41, 5.74) is 2.27. The van der Waals surface area contributed by atoms with Crippen LogP contribution >= 0.6 is 0 Å². The second-order valence-electron chi connectivity index (χ2n) is 8.36. The SMILES string of the molecule is CCN(CC)Cc1nc(C(=O)Nc2ccc(C)c(Nc3nccc(-c4cccnc4)n3)c2)c(C(F)(F)F)o1. The lowest BCUT2D eigenvalue weighted by Crippen LogP contribution is -2.22. The molecule has 198 valence electrons. The van der Waals surface area contributed by atoms with E-state index in [-0.39, 0.29) is 18.1 Å². The minimum Gasteiger partial charge on any atom is -0.434 e. The maximum absolute atomic E-state index is 13.6. The van der Waals surface area contributed by atoms with Gasteiger partial charge in [-0.3, -0.25) is 14.7 Å². The Morgan fingerprint density at radius 2 is 1.87 bits per heavy atom. The first-order valence-electron chi connectivity index (χ1n) is 11.9. The third-order valence-electron chi connectivity index (χ3n) is 5.75. The van der Waals surface area contributed by atoms with E-state index >= 15 is 0 Å². The number of benzene rings is 1. The van der Waals surface area contributed by atoms with Crippen molar-refractivity contribution in [3.8, 4) is 11.3 Å². The molecule has 0 saturated carbocycles. The normalized spacial score (nSPS) is 11.6. The van der Waals surface area contributed by atoms with Crippen LogP contribution in [0.4, 0.5) is 30.5 Å². The Bertz CT molecular complexity index is 1400. The number of anilines is 3. The molecule has 0 atom stereocenters. The van der Waals surface area contributed by atoms with Gasteiger partial charge in [-0.15, -0.1) is 0 Å². The van der Waals surface area contributed by atoms with Gasteiger partial charge in [0, 0.05) is 35.5 Å². The van der Waals surface area contributed by atoms with Crippen LogP contribution in [0.2, 0.25) is 0 Å². The summed E-state index contributed by atoms with van der Waals surface area (Å²) in [6.45, 7) is 6.81. The number of nitrogens with zero attached hydrogens (tertiary/aromatic N) is 5. The van der Waals surface area contributed by atoms with Crippen molar-refractivity contribution in [2.45, 2.75) is 33.5 Å². The molecule has 12 heteroatoms. The lowest BCUT2D eigenvalue weighted by Gasteiger charge is -2.14. The van der Waals surface area contributed by atoms with Crippen LogP contribution in [-0.2, 0) is 12.7 Å². The quantitative estimate of drug-likeness (QED) is 0.287. The summed E-state index contributed by atoms with van der Waals surface area (Å²) in [4.78, 5) is 31.4. The molecule has 0 spiro atoms. The van der Waals surface area contributed by atoms with Crippen molar-refractivity contribution in [2.75, 3.05) is 23.7 Å². The summed E-state index contributed by atoms with van der Waals surface area (Å²) in [7, 11) is 0. The van der Waals surface area contributed by atoms with E-state index in [1.165, 1.54) is 0 Å². The zero-order valence-electron chi connectivity index (χ0n) is 21.0. The van der Waals surface area contributed by atoms with Crippen molar-refractivity contribution < 1.29 is 22.4 Å². The number of oxazole rings is 1. The molecule has 0 fully saturated rings. The molecule has 1 aromatic carbocycles. The molecule has 0 bridgehead atoms. The number of pyridine rings is 1. The fourth-order valence-electron chi connectivity index (χ4n) is 3.66. The molecule has 3 aromatic heterocycles. The summed E-state index contributed by atoms with van der Waals surface area (Å²) in [6.07, 6.45) is 0.0606. The minimum absolute atomic E-state index is 0.0556. The van der Waals surface area contributed by atoms with Gasteiger partial charge >= 0.3 is 6.18 Å². The third kappa shape index (κ3) is 6.32. The first-order valence-corrected chi connectivity index (χ1v) is 11.9. The van der Waals surface area contributed by atoms with E-state index in [2.05, 4.69) is 30.6 Å². The van der Waals surface area contributed by atoms with Gasteiger partial charge in [-0.25, -0.2) is 15.0 Å². The van der Waals surface area contributed by atoms with Crippen molar-refractivity contribution in [3.05, 3.63) is 77.9 Å². The average Bonchev–Trinajstić information content (AvgIpc) is 3.35. The highest BCUT2D eigenvalue weighted by Crippen LogP contribution is 2.34. The minimum atomic E-state index is -4.88. The maximum Gasteiger partial charge on any atom is 0.452 e. The van der Waals surface area contributed by atoms with Crippen LogP contribution < -0.4 is 10.6 Å². The fraction of sp³-hybridized carbons (Fsp3) is 0.269. The van der Waals surface area contributed by atoms with E-state index in [0.717, 1.165) is 11.1 Å². The summed E-state index contributed by atoms with van der Waals surface area (Å²) < 4.78 is 45.8. The first kappa shape index (κ1) is 26.7. The van der Waals surface area contributed by atoms with Crippen molar-refractivity contribution in [3.63, 3.8) is 0 Å². The summed E-state index contributed by atoms with van der Waals surface area (Å²) in [5, 5.41) is 5.59. The molecular formula is C26H26F3N7O2. The zero-order valence-corrected chi connectivity index (χ0v) is 21.0. The molecule has 0 aliphatic heterocycles. The number of hydrogen-bond donors (Lipinski definition) is 2. The molecule has 0 aliphatic carbocycles. The van der Waals surface area contributed by atoms with Crippen molar-refractivity contribution in [1.82, 2.24) is 24.8 Å². The Morgan fingerprint density at radius 3 is 2.55 bits per heavy atom. The lowest BCUT2D eigenvalue weighted by atomic mass is 10.1. The van der Waals surface area contributed by atoms with Crippen molar-refractivity contribution >= 4 is 23.2 Å². The van der Waals surface area contributed by atoms with Gasteiger partial charge in [-0.1, -0.05) is 19.9 Å². The first-order chi connectivity index (χ1) is 18.2. The van der Waals surface area contributed by atoms with Crippen molar-refractivity contribution in [1.29, 1.82) is 0 Å². The Labute approximate surface area is 217 Å². The number of hydrogen-bond acceptors (Lipinski definition) is 8. The van der Waals surface area contributed by atoms with Crippen LogP contribution in [0.1, 0.15) is 41.6 Å². The molecule has 1 amide bonds. The Hall–Kier alpha value is -4.32. The molecule has 0 saturated heterocycles. The third-order valence-corrected chi connectivity index (χ3v) is 5.75. The number of carbonyl (C=O) groups is 1. The molecule has 0 unspecified atom stereocenters.